The molecule has 0 spiro atoms. The summed E-state index contributed by atoms with van der Waals surface area (Å²) in [5.74, 6) is 0.780. The molecule has 3 rings (SSSR count). The molecule has 0 atom stereocenters. The van der Waals surface area contributed by atoms with Crippen LogP contribution in [0.5, 0.6) is 0 Å². The molecule has 0 aromatic heterocycles. The Balaban J connectivity index is 2.20. The van der Waals surface area contributed by atoms with Gasteiger partial charge in [0, 0.05) is 9.64 Å². The molecule has 1 aliphatic rings. The van der Waals surface area contributed by atoms with Crippen LogP contribution in [0.15, 0.2) is 46.3 Å². The molecule has 22 heavy (non-hydrogen) atoms. The first-order valence-corrected chi connectivity index (χ1v) is 8.51. The second kappa shape index (κ2) is 5.31. The van der Waals surface area contributed by atoms with Crippen molar-refractivity contribution in [2.24, 2.45) is 4.99 Å². The molecule has 2 aromatic carbocycles. The summed E-state index contributed by atoms with van der Waals surface area (Å²) in [6.07, 6.45) is 0. The van der Waals surface area contributed by atoms with E-state index >= 15 is 0 Å². The van der Waals surface area contributed by atoms with E-state index in [4.69, 9.17) is 9.73 Å². The van der Waals surface area contributed by atoms with Gasteiger partial charge in [0.25, 0.3) is 0 Å². The van der Waals surface area contributed by atoms with Crippen molar-refractivity contribution in [3.8, 4) is 0 Å². The van der Waals surface area contributed by atoms with E-state index in [1.54, 1.807) is 0 Å². The molecule has 0 aliphatic carbocycles. The largest absolute Gasteiger partial charge is 0.475 e. The lowest BCUT2D eigenvalue weighted by Gasteiger charge is -2.21. The summed E-state index contributed by atoms with van der Waals surface area (Å²) in [6, 6.07) is 12.8. The first-order valence-electron chi connectivity index (χ1n) is 7.69. The third-order valence-electron chi connectivity index (χ3n) is 3.48. The fourth-order valence-electron chi connectivity index (χ4n) is 2.55. The average molecular weight is 313 g/mol. The minimum atomic E-state index is -0.134. The van der Waals surface area contributed by atoms with Crippen molar-refractivity contribution in [2.75, 3.05) is 6.61 Å². The van der Waals surface area contributed by atoms with E-state index < -0.39 is 0 Å². The van der Waals surface area contributed by atoms with Crippen LogP contribution in [0.3, 0.4) is 0 Å². The molecular weight excluding hydrogens is 290 g/mol. The fraction of sp³-hybridized carbons (Fsp3) is 0.421. The average Bonchev–Trinajstić information content (AvgIpc) is 2.78. The van der Waals surface area contributed by atoms with E-state index in [0.29, 0.717) is 6.61 Å². The summed E-state index contributed by atoms with van der Waals surface area (Å²) in [5, 5.41) is 2.53. The fourth-order valence-corrected chi connectivity index (χ4v) is 3.72. The van der Waals surface area contributed by atoms with Crippen LogP contribution in [0, 0.1) is 0 Å². The van der Waals surface area contributed by atoms with Crippen molar-refractivity contribution in [1.82, 2.24) is 0 Å². The van der Waals surface area contributed by atoms with E-state index in [-0.39, 0.29) is 10.3 Å². The van der Waals surface area contributed by atoms with E-state index in [1.807, 2.05) is 11.8 Å². The molecule has 1 aliphatic heterocycles. The van der Waals surface area contributed by atoms with Crippen LogP contribution in [0.1, 0.15) is 40.2 Å². The second-order valence-corrected chi connectivity index (χ2v) is 9.23. The Morgan fingerprint density at radius 3 is 2.45 bits per heavy atom. The smallest absolute Gasteiger partial charge is 0.217 e. The zero-order chi connectivity index (χ0) is 16.0. The van der Waals surface area contributed by atoms with E-state index in [0.717, 1.165) is 11.5 Å². The molecule has 1 heterocycles. The third kappa shape index (κ3) is 3.14. The van der Waals surface area contributed by atoms with E-state index in [2.05, 4.69) is 71.0 Å². The number of thioether (sulfide) groups is 1. The quantitative estimate of drug-likeness (QED) is 0.703. The Hall–Kier alpha value is -1.48. The minimum absolute atomic E-state index is 0.132. The molecule has 116 valence electrons. The topological polar surface area (TPSA) is 21.6 Å². The molecule has 0 saturated carbocycles. The highest BCUT2D eigenvalue weighted by atomic mass is 32.2. The summed E-state index contributed by atoms with van der Waals surface area (Å²) in [4.78, 5) is 6.04. The van der Waals surface area contributed by atoms with Crippen molar-refractivity contribution in [1.29, 1.82) is 0 Å². The molecule has 2 nitrogen and oxygen atoms in total. The number of aliphatic imine (C=N–C) groups is 1. The van der Waals surface area contributed by atoms with Crippen LogP contribution >= 0.6 is 11.8 Å². The number of ether oxygens (including phenoxy) is 1. The lowest BCUT2D eigenvalue weighted by molar-refractivity contribution is 0.279. The Morgan fingerprint density at radius 1 is 1.09 bits per heavy atom. The maximum Gasteiger partial charge on any atom is 0.217 e. The summed E-state index contributed by atoms with van der Waals surface area (Å²) in [5.41, 5.74) is 0.981. The molecule has 0 fully saturated rings. The molecule has 2 aromatic rings. The van der Waals surface area contributed by atoms with Gasteiger partial charge in [0.15, 0.2) is 0 Å². The number of rotatable bonds is 2. The maximum absolute atomic E-state index is 5.90. The highest BCUT2D eigenvalue weighted by Gasteiger charge is 2.29. The van der Waals surface area contributed by atoms with Gasteiger partial charge in [-0.3, -0.25) is 0 Å². The van der Waals surface area contributed by atoms with E-state index in [1.165, 1.54) is 15.7 Å². The maximum atomic E-state index is 5.90. The van der Waals surface area contributed by atoms with Gasteiger partial charge < -0.3 is 4.74 Å². The molecular formula is C19H23NOS. The van der Waals surface area contributed by atoms with Crippen molar-refractivity contribution < 1.29 is 4.74 Å². The van der Waals surface area contributed by atoms with Gasteiger partial charge in [-0.2, -0.15) is 0 Å². The van der Waals surface area contributed by atoms with Crippen LogP contribution in [-0.2, 0) is 4.74 Å². The Morgan fingerprint density at radius 2 is 1.82 bits per heavy atom. The molecule has 3 heteroatoms. The number of hydrogen-bond donors (Lipinski definition) is 0. The van der Waals surface area contributed by atoms with Crippen molar-refractivity contribution in [2.45, 2.75) is 49.8 Å². The zero-order valence-corrected chi connectivity index (χ0v) is 14.8. The first-order chi connectivity index (χ1) is 10.3. The molecule has 0 saturated heterocycles. The normalized spacial score (nSPS) is 17.4. The molecule has 0 N–H and O–H groups in total. The second-order valence-electron chi connectivity index (χ2n) is 7.40. The van der Waals surface area contributed by atoms with Gasteiger partial charge in [-0.1, -0.05) is 51.1 Å². The van der Waals surface area contributed by atoms with Gasteiger partial charge in [0.2, 0.25) is 5.90 Å². The Bertz CT molecular complexity index is 741. The summed E-state index contributed by atoms with van der Waals surface area (Å²) < 4.78 is 6.03. The molecule has 0 radical (unpaired) electrons. The number of nitrogens with zero attached hydrogens (tertiary/aromatic N) is 1. The van der Waals surface area contributed by atoms with Gasteiger partial charge in [-0.25, -0.2) is 4.99 Å². The third-order valence-corrected chi connectivity index (χ3v) is 4.74. The first kappa shape index (κ1) is 15.4. The molecule has 0 bridgehead atoms. The van der Waals surface area contributed by atoms with Gasteiger partial charge in [-0.15, -0.1) is 11.8 Å². The highest BCUT2D eigenvalue weighted by Crippen LogP contribution is 2.40. The lowest BCUT2D eigenvalue weighted by Crippen LogP contribution is -2.17. The van der Waals surface area contributed by atoms with Gasteiger partial charge in [0.1, 0.15) is 6.61 Å². The number of hydrogen-bond acceptors (Lipinski definition) is 3. The predicted octanol–water partition coefficient (Wildman–Crippen LogP) is 5.29. The monoisotopic (exact) mass is 313 g/mol. The van der Waals surface area contributed by atoms with Crippen molar-refractivity contribution in [3.63, 3.8) is 0 Å². The minimum Gasteiger partial charge on any atom is -0.475 e. The highest BCUT2D eigenvalue weighted by molar-refractivity contribution is 8.00. The Kier molecular flexibility index (Phi) is 3.72. The summed E-state index contributed by atoms with van der Waals surface area (Å²) >= 11 is 1.88. The Labute approximate surface area is 137 Å². The van der Waals surface area contributed by atoms with Gasteiger partial charge in [0.05, 0.1) is 11.1 Å². The van der Waals surface area contributed by atoms with Gasteiger partial charge >= 0.3 is 0 Å². The van der Waals surface area contributed by atoms with Crippen LogP contribution in [-0.4, -0.2) is 22.8 Å². The lowest BCUT2D eigenvalue weighted by atomic mass is 10.1. The van der Waals surface area contributed by atoms with E-state index in [9.17, 15) is 0 Å². The van der Waals surface area contributed by atoms with Crippen molar-refractivity contribution >= 4 is 28.4 Å². The summed E-state index contributed by atoms with van der Waals surface area (Å²) in [7, 11) is 0. The summed E-state index contributed by atoms with van der Waals surface area (Å²) in [6.45, 7) is 11.6. The predicted molar refractivity (Wildman–Crippen MR) is 96.1 cm³/mol. The van der Waals surface area contributed by atoms with Crippen LogP contribution < -0.4 is 0 Å². The molecule has 0 unspecified atom stereocenters. The molecule has 0 amide bonds. The van der Waals surface area contributed by atoms with Crippen LogP contribution in [0.2, 0.25) is 0 Å². The van der Waals surface area contributed by atoms with Crippen LogP contribution in [0.4, 0.5) is 0 Å². The SMILES string of the molecule is CC1(C)COC(c2ccc3ccccc3c2SC(C)(C)C)=N1. The van der Waals surface area contributed by atoms with Crippen molar-refractivity contribution in [3.05, 3.63) is 42.0 Å². The van der Waals surface area contributed by atoms with Crippen LogP contribution in [0.25, 0.3) is 10.8 Å². The standard InChI is InChI=1S/C19H23NOS/c1-18(2,3)22-16-14-9-7-6-8-13(14)10-11-15(16)17-20-19(4,5)12-21-17/h6-11H,12H2,1-5H3. The number of benzene rings is 2. The van der Waals surface area contributed by atoms with Gasteiger partial charge in [-0.05, 0) is 30.7 Å². The zero-order valence-electron chi connectivity index (χ0n) is 13.9. The number of fused-ring (bicyclic) bond motifs is 1.